The first-order valence-corrected chi connectivity index (χ1v) is 11.7. The quantitative estimate of drug-likeness (QED) is 0.538. The van der Waals surface area contributed by atoms with Gasteiger partial charge in [0.1, 0.15) is 0 Å². The Morgan fingerprint density at radius 2 is 2.03 bits per heavy atom. The lowest BCUT2D eigenvalue weighted by Crippen LogP contribution is -2.18. The van der Waals surface area contributed by atoms with E-state index in [9.17, 15) is 13.2 Å². The first-order valence-electron chi connectivity index (χ1n) is 8.63. The largest absolute Gasteiger partial charge is 0.383 e. The molecule has 29 heavy (non-hydrogen) atoms. The molecule has 0 fully saturated rings. The Morgan fingerprint density at radius 1 is 1.28 bits per heavy atom. The van der Waals surface area contributed by atoms with E-state index in [1.807, 2.05) is 16.7 Å². The van der Waals surface area contributed by atoms with Gasteiger partial charge < -0.3 is 9.30 Å². The van der Waals surface area contributed by atoms with Crippen molar-refractivity contribution in [2.24, 2.45) is 4.99 Å². The summed E-state index contributed by atoms with van der Waals surface area (Å²) in [6.07, 6.45) is 4.13. The maximum atomic E-state index is 12.4. The minimum Gasteiger partial charge on any atom is -0.383 e. The summed E-state index contributed by atoms with van der Waals surface area (Å²) >= 11 is 7.35. The maximum Gasteiger partial charge on any atom is 0.272 e. The molecule has 0 bridgehead atoms. The lowest BCUT2D eigenvalue weighted by molar-refractivity contribution is -0.113. The molecule has 1 aromatic heterocycles. The molecule has 0 spiro atoms. The van der Waals surface area contributed by atoms with Gasteiger partial charge in [-0.3, -0.25) is 4.79 Å². The molecular weight excluding hydrogens is 432 g/mol. The third kappa shape index (κ3) is 5.22. The van der Waals surface area contributed by atoms with Crippen LogP contribution >= 0.6 is 22.9 Å². The molecule has 0 saturated heterocycles. The zero-order valence-corrected chi connectivity index (χ0v) is 18.2. The molecule has 0 aliphatic heterocycles. The summed E-state index contributed by atoms with van der Waals surface area (Å²) in [6, 6.07) is 12.1. The number of rotatable bonds is 6. The van der Waals surface area contributed by atoms with E-state index < -0.39 is 15.7 Å². The predicted molar refractivity (Wildman–Crippen MR) is 116 cm³/mol. The van der Waals surface area contributed by atoms with Crippen molar-refractivity contribution in [1.29, 1.82) is 0 Å². The molecule has 152 valence electrons. The van der Waals surface area contributed by atoms with Crippen LogP contribution in [-0.4, -0.2) is 38.9 Å². The molecule has 0 unspecified atom stereocenters. The standard InChI is InChI=1S/C20H19ClN2O4S2/c1-27-12-11-23-17-9-8-15(29(2,25)26)13-18(17)28-20(23)22-19(24)10-7-14-5-3-4-6-16(14)21/h3-10,13H,11-12H2,1-2H3/b10-7+,22-20?. The fraction of sp³-hybridized carbons (Fsp3) is 0.200. The van der Waals surface area contributed by atoms with Gasteiger partial charge in [0.05, 0.1) is 21.7 Å². The minimum atomic E-state index is -3.33. The van der Waals surface area contributed by atoms with Crippen molar-refractivity contribution in [2.75, 3.05) is 20.0 Å². The normalized spacial score (nSPS) is 12.9. The molecule has 0 aliphatic rings. The molecule has 0 N–H and O–H groups in total. The number of nitrogens with zero attached hydrogens (tertiary/aromatic N) is 2. The van der Waals surface area contributed by atoms with Gasteiger partial charge >= 0.3 is 0 Å². The summed E-state index contributed by atoms with van der Waals surface area (Å²) in [7, 11) is -1.74. The number of fused-ring (bicyclic) bond motifs is 1. The van der Waals surface area contributed by atoms with E-state index in [1.54, 1.807) is 43.5 Å². The Bertz CT molecular complexity index is 1260. The molecule has 3 aromatic rings. The second kappa shape index (κ2) is 9.04. The van der Waals surface area contributed by atoms with Gasteiger partial charge in [-0.1, -0.05) is 41.1 Å². The van der Waals surface area contributed by atoms with Crippen LogP contribution < -0.4 is 4.80 Å². The molecule has 1 amide bonds. The third-order valence-corrected chi connectivity index (χ3v) is 6.61. The van der Waals surface area contributed by atoms with E-state index >= 15 is 0 Å². The maximum absolute atomic E-state index is 12.4. The number of carbonyl (C=O) groups excluding carboxylic acids is 1. The highest BCUT2D eigenvalue weighted by atomic mass is 35.5. The molecule has 1 heterocycles. The highest BCUT2D eigenvalue weighted by molar-refractivity contribution is 7.90. The van der Waals surface area contributed by atoms with Crippen molar-refractivity contribution in [1.82, 2.24) is 4.57 Å². The number of methoxy groups -OCH3 is 1. The monoisotopic (exact) mass is 450 g/mol. The summed E-state index contributed by atoms with van der Waals surface area (Å²) in [5, 5.41) is 0.543. The number of hydrogen-bond donors (Lipinski definition) is 0. The summed E-state index contributed by atoms with van der Waals surface area (Å²) in [6.45, 7) is 0.908. The van der Waals surface area contributed by atoms with Gasteiger partial charge in [0.25, 0.3) is 5.91 Å². The van der Waals surface area contributed by atoms with Crippen molar-refractivity contribution in [3.05, 3.63) is 63.9 Å². The van der Waals surface area contributed by atoms with E-state index in [1.165, 1.54) is 17.4 Å². The van der Waals surface area contributed by atoms with Crippen LogP contribution in [0.4, 0.5) is 0 Å². The molecule has 6 nitrogen and oxygen atoms in total. The van der Waals surface area contributed by atoms with Crippen LogP contribution in [0.15, 0.2) is 58.4 Å². The number of ether oxygens (including phenoxy) is 1. The van der Waals surface area contributed by atoms with E-state index in [2.05, 4.69) is 4.99 Å². The number of sulfone groups is 1. The van der Waals surface area contributed by atoms with E-state index in [0.29, 0.717) is 23.0 Å². The van der Waals surface area contributed by atoms with Crippen LogP contribution in [0.2, 0.25) is 5.02 Å². The van der Waals surface area contributed by atoms with Gasteiger partial charge in [-0.05, 0) is 35.9 Å². The molecule has 0 radical (unpaired) electrons. The number of carbonyl (C=O) groups is 1. The van der Waals surface area contributed by atoms with Crippen molar-refractivity contribution < 1.29 is 17.9 Å². The van der Waals surface area contributed by atoms with E-state index in [4.69, 9.17) is 16.3 Å². The predicted octanol–water partition coefficient (Wildman–Crippen LogP) is 3.55. The molecular formula is C20H19ClN2O4S2. The third-order valence-electron chi connectivity index (χ3n) is 4.12. The van der Waals surface area contributed by atoms with Crippen LogP contribution in [0.25, 0.3) is 16.3 Å². The Morgan fingerprint density at radius 3 is 2.72 bits per heavy atom. The highest BCUT2D eigenvalue weighted by Crippen LogP contribution is 2.22. The average molecular weight is 451 g/mol. The van der Waals surface area contributed by atoms with Gasteiger partial charge in [-0.25, -0.2) is 8.42 Å². The second-order valence-corrected chi connectivity index (χ2v) is 9.67. The Hall–Kier alpha value is -2.26. The summed E-state index contributed by atoms with van der Waals surface area (Å²) in [5.41, 5.74) is 1.51. The van der Waals surface area contributed by atoms with Crippen LogP contribution in [0.5, 0.6) is 0 Å². The molecule has 0 atom stereocenters. The average Bonchev–Trinajstić information content (AvgIpc) is 3.01. The SMILES string of the molecule is COCCn1c(=NC(=O)/C=C/c2ccccc2Cl)sc2cc(S(C)(=O)=O)ccc21. The van der Waals surface area contributed by atoms with Crippen molar-refractivity contribution in [3.63, 3.8) is 0 Å². The van der Waals surface area contributed by atoms with Crippen LogP contribution in [0.1, 0.15) is 5.56 Å². The fourth-order valence-corrected chi connectivity index (χ4v) is 4.69. The lowest BCUT2D eigenvalue weighted by atomic mass is 10.2. The van der Waals surface area contributed by atoms with E-state index in [0.717, 1.165) is 22.0 Å². The molecule has 3 rings (SSSR count). The molecule has 0 saturated carbocycles. The van der Waals surface area contributed by atoms with Gasteiger partial charge in [-0.15, -0.1) is 0 Å². The zero-order chi connectivity index (χ0) is 21.0. The van der Waals surface area contributed by atoms with Crippen molar-refractivity contribution in [3.8, 4) is 0 Å². The number of amides is 1. The Kier molecular flexibility index (Phi) is 6.69. The van der Waals surface area contributed by atoms with Crippen LogP contribution in [0.3, 0.4) is 0 Å². The van der Waals surface area contributed by atoms with Crippen molar-refractivity contribution >= 4 is 55.0 Å². The second-order valence-electron chi connectivity index (χ2n) is 6.24. The number of benzene rings is 2. The summed E-state index contributed by atoms with van der Waals surface area (Å²) in [4.78, 5) is 17.3. The van der Waals surface area contributed by atoms with Crippen LogP contribution in [-0.2, 0) is 25.9 Å². The van der Waals surface area contributed by atoms with Gasteiger partial charge in [0, 0.05) is 31.0 Å². The van der Waals surface area contributed by atoms with Gasteiger partial charge in [0.2, 0.25) is 0 Å². The number of halogens is 1. The van der Waals surface area contributed by atoms with Gasteiger partial charge in [-0.2, -0.15) is 4.99 Å². The van der Waals surface area contributed by atoms with E-state index in [-0.39, 0.29) is 4.90 Å². The summed E-state index contributed by atoms with van der Waals surface area (Å²) < 4.78 is 31.4. The molecule has 0 aliphatic carbocycles. The first kappa shape index (κ1) is 21.4. The van der Waals surface area contributed by atoms with Crippen molar-refractivity contribution in [2.45, 2.75) is 11.4 Å². The summed E-state index contributed by atoms with van der Waals surface area (Å²) in [5.74, 6) is -0.439. The first-order chi connectivity index (χ1) is 13.8. The Labute approximate surface area is 177 Å². The minimum absolute atomic E-state index is 0.224. The lowest BCUT2D eigenvalue weighted by Gasteiger charge is -2.04. The topological polar surface area (TPSA) is 77.7 Å². The Balaban J connectivity index is 2.04. The number of aromatic nitrogens is 1. The smallest absolute Gasteiger partial charge is 0.272 e. The van der Waals surface area contributed by atoms with Crippen LogP contribution in [0, 0.1) is 0 Å². The molecule has 2 aromatic carbocycles. The number of hydrogen-bond acceptors (Lipinski definition) is 5. The van der Waals surface area contributed by atoms with Gasteiger partial charge in [0.15, 0.2) is 14.6 Å². The zero-order valence-electron chi connectivity index (χ0n) is 15.8. The number of thiazole rings is 1. The fourth-order valence-electron chi connectivity index (χ4n) is 2.67. The molecule has 9 heteroatoms. The highest BCUT2D eigenvalue weighted by Gasteiger charge is 2.12.